The minimum absolute atomic E-state index is 0.524. The van der Waals surface area contributed by atoms with Gasteiger partial charge in [-0.2, -0.15) is 5.10 Å². The second-order valence-electron chi connectivity index (χ2n) is 5.56. The average molecular weight is 248 g/mol. The summed E-state index contributed by atoms with van der Waals surface area (Å²) in [4.78, 5) is 2.35. The van der Waals surface area contributed by atoms with Crippen molar-refractivity contribution in [1.82, 2.24) is 15.5 Å². The van der Waals surface area contributed by atoms with Crippen molar-refractivity contribution in [3.8, 4) is 0 Å². The van der Waals surface area contributed by atoms with Crippen molar-refractivity contribution in [2.75, 3.05) is 25.0 Å². The van der Waals surface area contributed by atoms with Gasteiger partial charge in [0.1, 0.15) is 0 Å². The smallest absolute Gasteiger partial charge is 0.151 e. The fourth-order valence-corrected chi connectivity index (χ4v) is 2.43. The van der Waals surface area contributed by atoms with Crippen molar-refractivity contribution in [3.63, 3.8) is 0 Å². The van der Waals surface area contributed by atoms with Gasteiger partial charge in [-0.25, -0.2) is 0 Å². The molecule has 0 spiro atoms. The van der Waals surface area contributed by atoms with Crippen LogP contribution in [0.25, 0.3) is 0 Å². The number of nitrogens with one attached hydrogen (secondary N) is 1. The zero-order valence-corrected chi connectivity index (χ0v) is 11.7. The van der Waals surface area contributed by atoms with Gasteiger partial charge in [0, 0.05) is 19.6 Å². The highest BCUT2D eigenvalue weighted by molar-refractivity contribution is 5.37. The molecular weight excluding hydrogens is 224 g/mol. The van der Waals surface area contributed by atoms with Crippen molar-refractivity contribution < 1.29 is 0 Å². The predicted octanol–water partition coefficient (Wildman–Crippen LogP) is 2.21. The van der Waals surface area contributed by atoms with E-state index in [1.54, 1.807) is 0 Å². The molecule has 1 aromatic heterocycles. The van der Waals surface area contributed by atoms with Crippen LogP contribution in [0.5, 0.6) is 0 Å². The van der Waals surface area contributed by atoms with Gasteiger partial charge in [-0.05, 0) is 37.4 Å². The number of aromatic nitrogens is 2. The number of nitrogens with zero attached hydrogens (tertiary/aromatic N) is 3. The molecule has 0 saturated carbocycles. The summed E-state index contributed by atoms with van der Waals surface area (Å²) in [6, 6.07) is 4.15. The van der Waals surface area contributed by atoms with Crippen LogP contribution < -0.4 is 10.2 Å². The molecule has 2 rings (SSSR count). The van der Waals surface area contributed by atoms with Crippen LogP contribution in [0.4, 0.5) is 5.82 Å². The second-order valence-corrected chi connectivity index (χ2v) is 5.56. The lowest BCUT2D eigenvalue weighted by atomic mass is 9.78. The molecule has 0 bridgehead atoms. The Balaban J connectivity index is 1.97. The molecule has 0 unspecified atom stereocenters. The van der Waals surface area contributed by atoms with E-state index in [0.717, 1.165) is 31.1 Å². The molecule has 0 atom stereocenters. The third-order valence-corrected chi connectivity index (χ3v) is 4.21. The molecule has 1 fully saturated rings. The minimum atomic E-state index is 0.524. The van der Waals surface area contributed by atoms with E-state index in [1.165, 1.54) is 19.3 Å². The van der Waals surface area contributed by atoms with Gasteiger partial charge in [0.25, 0.3) is 0 Å². The highest BCUT2D eigenvalue weighted by Crippen LogP contribution is 2.34. The fourth-order valence-electron chi connectivity index (χ4n) is 2.43. The fraction of sp³-hybridized carbons (Fsp3) is 0.714. The molecule has 0 aliphatic carbocycles. The highest BCUT2D eigenvalue weighted by Gasteiger charge is 2.28. The first kappa shape index (κ1) is 13.3. The molecule has 1 saturated heterocycles. The Labute approximate surface area is 110 Å². The summed E-state index contributed by atoms with van der Waals surface area (Å²) < 4.78 is 0. The molecule has 0 amide bonds. The summed E-state index contributed by atoms with van der Waals surface area (Å²) in [7, 11) is 1.92. The Morgan fingerprint density at radius 3 is 2.50 bits per heavy atom. The molecule has 100 valence electrons. The third-order valence-electron chi connectivity index (χ3n) is 4.21. The van der Waals surface area contributed by atoms with Crippen LogP contribution in [0.3, 0.4) is 0 Å². The molecule has 4 heteroatoms. The maximum Gasteiger partial charge on any atom is 0.151 e. The Hall–Kier alpha value is -1.16. The van der Waals surface area contributed by atoms with Crippen LogP contribution >= 0.6 is 0 Å². The third kappa shape index (κ3) is 2.99. The van der Waals surface area contributed by atoms with E-state index < -0.39 is 0 Å². The molecular formula is C14H24N4. The van der Waals surface area contributed by atoms with Gasteiger partial charge in [0.2, 0.25) is 0 Å². The monoisotopic (exact) mass is 248 g/mol. The lowest BCUT2D eigenvalue weighted by Crippen LogP contribution is -2.39. The maximum absolute atomic E-state index is 4.33. The summed E-state index contributed by atoms with van der Waals surface area (Å²) in [5.41, 5.74) is 1.52. The van der Waals surface area contributed by atoms with Crippen LogP contribution in [-0.4, -0.2) is 30.3 Å². The van der Waals surface area contributed by atoms with Crippen LogP contribution in [0.2, 0.25) is 0 Å². The average Bonchev–Trinajstić information content (AvgIpc) is 2.41. The first-order chi connectivity index (χ1) is 8.67. The maximum atomic E-state index is 4.33. The lowest BCUT2D eigenvalue weighted by Gasteiger charge is -2.39. The molecule has 1 N–H and O–H groups in total. The van der Waals surface area contributed by atoms with Gasteiger partial charge in [-0.15, -0.1) is 5.10 Å². The van der Waals surface area contributed by atoms with E-state index in [4.69, 9.17) is 0 Å². The van der Waals surface area contributed by atoms with Crippen LogP contribution in [0.1, 0.15) is 38.8 Å². The van der Waals surface area contributed by atoms with E-state index in [0.29, 0.717) is 5.41 Å². The molecule has 1 aromatic rings. The normalized spacial score (nSPS) is 18.9. The first-order valence-corrected chi connectivity index (χ1v) is 6.89. The molecule has 4 nitrogen and oxygen atoms in total. The van der Waals surface area contributed by atoms with Crippen molar-refractivity contribution in [3.05, 3.63) is 17.8 Å². The Kier molecular flexibility index (Phi) is 4.17. The molecule has 0 aromatic carbocycles. The van der Waals surface area contributed by atoms with Crippen LogP contribution in [0, 0.1) is 5.41 Å². The Morgan fingerprint density at radius 1 is 1.28 bits per heavy atom. The summed E-state index contributed by atoms with van der Waals surface area (Å²) in [5.74, 6) is 1.02. The summed E-state index contributed by atoms with van der Waals surface area (Å²) in [6.45, 7) is 7.67. The second kappa shape index (κ2) is 5.65. The van der Waals surface area contributed by atoms with E-state index in [1.807, 2.05) is 7.05 Å². The molecule has 1 aliphatic rings. The van der Waals surface area contributed by atoms with Crippen molar-refractivity contribution in [2.24, 2.45) is 5.41 Å². The van der Waals surface area contributed by atoms with E-state index in [2.05, 4.69) is 46.4 Å². The van der Waals surface area contributed by atoms with Crippen molar-refractivity contribution in [2.45, 2.75) is 39.7 Å². The van der Waals surface area contributed by atoms with Crippen molar-refractivity contribution in [1.29, 1.82) is 0 Å². The van der Waals surface area contributed by atoms with Gasteiger partial charge < -0.3 is 10.2 Å². The molecule has 1 aliphatic heterocycles. The topological polar surface area (TPSA) is 41.0 Å². The molecule has 2 heterocycles. The summed E-state index contributed by atoms with van der Waals surface area (Å²) >= 11 is 0. The lowest BCUT2D eigenvalue weighted by molar-refractivity contribution is 0.237. The number of rotatable bonds is 4. The van der Waals surface area contributed by atoms with E-state index in [-0.39, 0.29) is 0 Å². The zero-order chi connectivity index (χ0) is 13.0. The molecule has 0 radical (unpaired) electrons. The van der Waals surface area contributed by atoms with Crippen LogP contribution in [0.15, 0.2) is 12.1 Å². The standard InChI is InChI=1S/C14H24N4/c1-4-14(2)7-9-18(10-8-14)13-6-5-12(11-15-3)16-17-13/h5-6,15H,4,7-11H2,1-3H3. The van der Waals surface area contributed by atoms with Gasteiger partial charge in [-0.3, -0.25) is 0 Å². The van der Waals surface area contributed by atoms with Gasteiger partial charge in [0.15, 0.2) is 5.82 Å². The Bertz CT molecular complexity index is 366. The molecule has 18 heavy (non-hydrogen) atoms. The quantitative estimate of drug-likeness (QED) is 0.887. The number of hydrogen-bond acceptors (Lipinski definition) is 4. The Morgan fingerprint density at radius 2 is 2.00 bits per heavy atom. The highest BCUT2D eigenvalue weighted by atomic mass is 15.3. The summed E-state index contributed by atoms with van der Waals surface area (Å²) in [6.07, 6.45) is 3.78. The largest absolute Gasteiger partial charge is 0.355 e. The number of piperidine rings is 1. The van der Waals surface area contributed by atoms with E-state index in [9.17, 15) is 0 Å². The first-order valence-electron chi connectivity index (χ1n) is 6.89. The number of hydrogen-bond donors (Lipinski definition) is 1. The minimum Gasteiger partial charge on any atom is -0.355 e. The van der Waals surface area contributed by atoms with E-state index >= 15 is 0 Å². The van der Waals surface area contributed by atoms with Crippen molar-refractivity contribution >= 4 is 5.82 Å². The SMILES string of the molecule is CCC1(C)CCN(c2ccc(CNC)nn2)CC1. The van der Waals surface area contributed by atoms with Crippen LogP contribution in [-0.2, 0) is 6.54 Å². The van der Waals surface area contributed by atoms with Gasteiger partial charge in [-0.1, -0.05) is 20.3 Å². The summed E-state index contributed by atoms with van der Waals surface area (Å²) in [5, 5.41) is 11.7. The number of anilines is 1. The van der Waals surface area contributed by atoms with Gasteiger partial charge in [0.05, 0.1) is 5.69 Å². The predicted molar refractivity (Wildman–Crippen MR) is 74.6 cm³/mol. The van der Waals surface area contributed by atoms with Gasteiger partial charge >= 0.3 is 0 Å². The zero-order valence-electron chi connectivity index (χ0n) is 11.7.